The van der Waals surface area contributed by atoms with E-state index >= 15 is 0 Å². The number of hydrogen-bond donors (Lipinski definition) is 2. The first-order chi connectivity index (χ1) is 8.65. The molecule has 2 N–H and O–H groups in total. The van der Waals surface area contributed by atoms with Crippen LogP contribution in [0.25, 0.3) is 0 Å². The summed E-state index contributed by atoms with van der Waals surface area (Å²) < 4.78 is 0. The number of rotatable bonds is 5. The summed E-state index contributed by atoms with van der Waals surface area (Å²) in [4.78, 5) is 0. The van der Waals surface area contributed by atoms with E-state index in [1.54, 1.807) is 0 Å². The van der Waals surface area contributed by atoms with E-state index in [0.29, 0.717) is 12.1 Å². The minimum Gasteiger partial charge on any atom is -0.314 e. The monoisotopic (exact) mass is 246 g/mol. The lowest BCUT2D eigenvalue weighted by Crippen LogP contribution is -2.35. The van der Waals surface area contributed by atoms with Crippen LogP contribution in [0, 0.1) is 6.92 Å². The Balaban J connectivity index is 1.82. The van der Waals surface area contributed by atoms with Crippen LogP contribution in [-0.4, -0.2) is 18.6 Å². The first-order valence-corrected chi connectivity index (χ1v) is 7.21. The highest BCUT2D eigenvalue weighted by molar-refractivity contribution is 5.23. The summed E-state index contributed by atoms with van der Waals surface area (Å²) in [6.07, 6.45) is 3.91. The molecule has 1 saturated heterocycles. The van der Waals surface area contributed by atoms with Gasteiger partial charge in [-0.2, -0.15) is 0 Å². The van der Waals surface area contributed by atoms with Crippen LogP contribution in [0.5, 0.6) is 0 Å². The fourth-order valence-corrected chi connectivity index (χ4v) is 2.83. The van der Waals surface area contributed by atoms with Crippen LogP contribution in [0.2, 0.25) is 0 Å². The fraction of sp³-hybridized carbons (Fsp3) is 0.625. The Hall–Kier alpha value is -0.860. The Kier molecular flexibility index (Phi) is 4.79. The minimum atomic E-state index is 0.432. The first-order valence-electron chi connectivity index (χ1n) is 7.21. The summed E-state index contributed by atoms with van der Waals surface area (Å²) in [5, 5.41) is 7.27. The van der Waals surface area contributed by atoms with Crippen molar-refractivity contribution in [2.45, 2.75) is 58.2 Å². The third-order valence-electron chi connectivity index (χ3n) is 3.91. The largest absolute Gasteiger partial charge is 0.314 e. The fourth-order valence-electron chi connectivity index (χ4n) is 2.83. The Bertz CT molecular complexity index is 352. The molecule has 3 unspecified atom stereocenters. The molecule has 0 radical (unpaired) electrons. The third-order valence-corrected chi connectivity index (χ3v) is 3.91. The topological polar surface area (TPSA) is 24.1 Å². The van der Waals surface area contributed by atoms with Gasteiger partial charge in [-0.15, -0.1) is 0 Å². The Labute approximate surface area is 111 Å². The lowest BCUT2D eigenvalue weighted by atomic mass is 10.0. The van der Waals surface area contributed by atoms with Crippen molar-refractivity contribution in [3.8, 4) is 0 Å². The molecule has 2 heteroatoms. The molecule has 100 valence electrons. The molecular formula is C16H26N2. The molecule has 1 fully saturated rings. The molecule has 3 atom stereocenters. The van der Waals surface area contributed by atoms with Crippen molar-refractivity contribution < 1.29 is 0 Å². The van der Waals surface area contributed by atoms with Crippen molar-refractivity contribution in [2.75, 3.05) is 6.54 Å². The van der Waals surface area contributed by atoms with Crippen molar-refractivity contribution in [1.29, 1.82) is 0 Å². The summed E-state index contributed by atoms with van der Waals surface area (Å²) in [5.74, 6) is 0. The molecule has 0 bridgehead atoms. The Morgan fingerprint density at radius 3 is 2.61 bits per heavy atom. The summed E-state index contributed by atoms with van der Waals surface area (Å²) >= 11 is 0. The second kappa shape index (κ2) is 6.35. The van der Waals surface area contributed by atoms with E-state index in [2.05, 4.69) is 55.7 Å². The van der Waals surface area contributed by atoms with Crippen LogP contribution in [0.3, 0.4) is 0 Å². The minimum absolute atomic E-state index is 0.432. The van der Waals surface area contributed by atoms with Gasteiger partial charge in [-0.1, -0.05) is 29.8 Å². The molecule has 0 aromatic heterocycles. The predicted octanol–water partition coefficient (Wildman–Crippen LogP) is 3.18. The van der Waals surface area contributed by atoms with Crippen LogP contribution in [0.15, 0.2) is 24.3 Å². The summed E-state index contributed by atoms with van der Waals surface area (Å²) in [7, 11) is 0. The van der Waals surface area contributed by atoms with E-state index < -0.39 is 0 Å². The molecule has 0 amide bonds. The Morgan fingerprint density at radius 2 is 2.00 bits per heavy atom. The lowest BCUT2D eigenvalue weighted by Gasteiger charge is -2.23. The first kappa shape index (κ1) is 13.6. The highest BCUT2D eigenvalue weighted by Crippen LogP contribution is 2.16. The zero-order valence-corrected chi connectivity index (χ0v) is 11.9. The average molecular weight is 246 g/mol. The van der Waals surface area contributed by atoms with Gasteiger partial charge < -0.3 is 10.6 Å². The van der Waals surface area contributed by atoms with Crippen molar-refractivity contribution in [3.63, 3.8) is 0 Å². The second-order valence-corrected chi connectivity index (χ2v) is 5.73. The van der Waals surface area contributed by atoms with Crippen LogP contribution in [-0.2, 0) is 0 Å². The maximum atomic E-state index is 3.70. The highest BCUT2D eigenvalue weighted by Gasteiger charge is 2.18. The lowest BCUT2D eigenvalue weighted by molar-refractivity contribution is 0.407. The van der Waals surface area contributed by atoms with E-state index in [-0.39, 0.29) is 0 Å². The zero-order chi connectivity index (χ0) is 13.0. The molecule has 0 aliphatic carbocycles. The molecular weight excluding hydrogens is 220 g/mol. The van der Waals surface area contributed by atoms with Crippen LogP contribution in [0.4, 0.5) is 0 Å². The number of benzene rings is 1. The van der Waals surface area contributed by atoms with Gasteiger partial charge in [-0.05, 0) is 52.1 Å². The molecule has 1 aliphatic heterocycles. The smallest absolute Gasteiger partial charge is 0.0294 e. The van der Waals surface area contributed by atoms with E-state index in [9.17, 15) is 0 Å². The molecule has 2 nitrogen and oxygen atoms in total. The second-order valence-electron chi connectivity index (χ2n) is 5.73. The van der Waals surface area contributed by atoms with Gasteiger partial charge in [-0.25, -0.2) is 0 Å². The van der Waals surface area contributed by atoms with Gasteiger partial charge in [0, 0.05) is 18.1 Å². The summed E-state index contributed by atoms with van der Waals surface area (Å²) in [6.45, 7) is 7.88. The van der Waals surface area contributed by atoms with Gasteiger partial charge in [-0.3, -0.25) is 0 Å². The maximum absolute atomic E-state index is 3.70. The SMILES string of the molecule is Cc1ccc(C(C)NC(C)CC2CCCN2)cc1. The molecule has 0 spiro atoms. The van der Waals surface area contributed by atoms with E-state index in [1.807, 2.05) is 0 Å². The van der Waals surface area contributed by atoms with Gasteiger partial charge in [0.15, 0.2) is 0 Å². The van der Waals surface area contributed by atoms with Crippen molar-refractivity contribution >= 4 is 0 Å². The number of nitrogens with one attached hydrogen (secondary N) is 2. The Morgan fingerprint density at radius 1 is 1.28 bits per heavy atom. The predicted molar refractivity (Wildman–Crippen MR) is 77.8 cm³/mol. The van der Waals surface area contributed by atoms with Crippen molar-refractivity contribution in [1.82, 2.24) is 10.6 Å². The van der Waals surface area contributed by atoms with Gasteiger partial charge >= 0.3 is 0 Å². The summed E-state index contributed by atoms with van der Waals surface area (Å²) in [6, 6.07) is 10.6. The molecule has 18 heavy (non-hydrogen) atoms. The van der Waals surface area contributed by atoms with Crippen molar-refractivity contribution in [3.05, 3.63) is 35.4 Å². The quantitative estimate of drug-likeness (QED) is 0.834. The van der Waals surface area contributed by atoms with E-state index in [1.165, 1.54) is 36.9 Å². The van der Waals surface area contributed by atoms with Crippen LogP contribution in [0.1, 0.15) is 50.3 Å². The van der Waals surface area contributed by atoms with Crippen LogP contribution >= 0.6 is 0 Å². The normalized spacial score (nSPS) is 22.9. The van der Waals surface area contributed by atoms with Gasteiger partial charge in [0.2, 0.25) is 0 Å². The average Bonchev–Trinajstić information content (AvgIpc) is 2.82. The van der Waals surface area contributed by atoms with Crippen molar-refractivity contribution in [2.24, 2.45) is 0 Å². The highest BCUT2D eigenvalue weighted by atomic mass is 15.0. The van der Waals surface area contributed by atoms with E-state index in [4.69, 9.17) is 0 Å². The number of hydrogen-bond acceptors (Lipinski definition) is 2. The zero-order valence-electron chi connectivity index (χ0n) is 11.9. The molecule has 1 aromatic carbocycles. The maximum Gasteiger partial charge on any atom is 0.0294 e. The summed E-state index contributed by atoms with van der Waals surface area (Å²) in [5.41, 5.74) is 2.71. The molecule has 1 heterocycles. The molecule has 1 aromatic rings. The van der Waals surface area contributed by atoms with Crippen LogP contribution < -0.4 is 10.6 Å². The number of aryl methyl sites for hydroxylation is 1. The molecule has 2 rings (SSSR count). The van der Waals surface area contributed by atoms with E-state index in [0.717, 1.165) is 6.04 Å². The van der Waals surface area contributed by atoms with Gasteiger partial charge in [0.1, 0.15) is 0 Å². The third kappa shape index (κ3) is 3.82. The molecule has 1 aliphatic rings. The van der Waals surface area contributed by atoms with Gasteiger partial charge in [0.05, 0.1) is 0 Å². The van der Waals surface area contributed by atoms with Gasteiger partial charge in [0.25, 0.3) is 0 Å². The standard InChI is InChI=1S/C16H26N2/c1-12-6-8-15(9-7-12)14(3)18-13(2)11-16-5-4-10-17-16/h6-9,13-14,16-18H,4-5,10-11H2,1-3H3. The molecule has 0 saturated carbocycles.